The smallest absolute Gasteiger partial charge is 0.152 e. The minimum atomic E-state index is -0.715. The molecule has 6 heteroatoms. The van der Waals surface area contributed by atoms with Crippen LogP contribution in [0.2, 0.25) is 15.1 Å². The van der Waals surface area contributed by atoms with E-state index in [0.29, 0.717) is 21.9 Å². The van der Waals surface area contributed by atoms with E-state index in [1.165, 1.54) is 12.1 Å². The van der Waals surface area contributed by atoms with Crippen LogP contribution in [0.5, 0.6) is 0 Å². The minimum absolute atomic E-state index is 0.0522. The molecule has 2 nitrogen and oxygen atoms in total. The molecule has 108 valence electrons. The van der Waals surface area contributed by atoms with Gasteiger partial charge in [0, 0.05) is 10.4 Å². The van der Waals surface area contributed by atoms with Crippen molar-refractivity contribution in [3.05, 3.63) is 68.6 Å². The number of hydrogen-bond donors (Lipinski definition) is 1. The maximum Gasteiger partial charge on any atom is 0.152 e. The Hall–Kier alpha value is -1.26. The molecule has 0 saturated carbocycles. The van der Waals surface area contributed by atoms with Gasteiger partial charge >= 0.3 is 0 Å². The Morgan fingerprint density at radius 2 is 1.76 bits per heavy atom. The second kappa shape index (κ2) is 5.50. The summed E-state index contributed by atoms with van der Waals surface area (Å²) in [4.78, 5) is 0. The molecule has 3 rings (SSSR count). The maximum atomic E-state index is 13.6. The standard InChI is InChI=1S/C15H9Cl3FNO/c16-9-3-1-2-7-4-13(21-15(7)9)14(20)8-5-12(19)11(18)6-10(8)17/h1-6,14H,20H2. The van der Waals surface area contributed by atoms with Gasteiger partial charge in [-0.25, -0.2) is 4.39 Å². The Labute approximate surface area is 135 Å². The molecule has 0 bridgehead atoms. The van der Waals surface area contributed by atoms with Gasteiger partial charge in [0.2, 0.25) is 0 Å². The van der Waals surface area contributed by atoms with Gasteiger partial charge in [0.1, 0.15) is 11.6 Å². The molecule has 1 atom stereocenters. The van der Waals surface area contributed by atoms with E-state index in [0.717, 1.165) is 5.39 Å². The number of rotatable bonds is 2. The van der Waals surface area contributed by atoms with E-state index < -0.39 is 11.9 Å². The van der Waals surface area contributed by atoms with E-state index in [-0.39, 0.29) is 10.0 Å². The van der Waals surface area contributed by atoms with Crippen molar-refractivity contribution in [2.45, 2.75) is 6.04 Å². The van der Waals surface area contributed by atoms with Gasteiger partial charge < -0.3 is 10.2 Å². The van der Waals surface area contributed by atoms with Crippen LogP contribution >= 0.6 is 34.8 Å². The van der Waals surface area contributed by atoms with Gasteiger partial charge in [-0.15, -0.1) is 0 Å². The number of benzene rings is 2. The summed E-state index contributed by atoms with van der Waals surface area (Å²) >= 11 is 17.8. The molecule has 1 heterocycles. The summed E-state index contributed by atoms with van der Waals surface area (Å²) < 4.78 is 19.3. The Morgan fingerprint density at radius 3 is 2.48 bits per heavy atom. The predicted octanol–water partition coefficient (Wildman–Crippen LogP) is 5.58. The van der Waals surface area contributed by atoms with Crippen LogP contribution in [0.3, 0.4) is 0 Å². The number of nitrogens with two attached hydrogens (primary N) is 1. The molecule has 0 fully saturated rings. The summed E-state index contributed by atoms with van der Waals surface area (Å²) in [5.41, 5.74) is 7.05. The van der Waals surface area contributed by atoms with Gasteiger partial charge in [0.25, 0.3) is 0 Å². The van der Waals surface area contributed by atoms with Crippen LogP contribution in [0.25, 0.3) is 11.0 Å². The van der Waals surface area contributed by atoms with Crippen LogP contribution in [0.1, 0.15) is 17.4 Å². The van der Waals surface area contributed by atoms with E-state index >= 15 is 0 Å². The summed E-state index contributed by atoms with van der Waals surface area (Å²) in [5, 5.41) is 1.53. The maximum absolute atomic E-state index is 13.6. The number of fused-ring (bicyclic) bond motifs is 1. The first kappa shape index (κ1) is 14.7. The van der Waals surface area contributed by atoms with Crippen LogP contribution in [0.15, 0.2) is 40.8 Å². The number of halogens is 4. The molecular weight excluding hydrogens is 336 g/mol. The van der Waals surface area contributed by atoms with Crippen molar-refractivity contribution < 1.29 is 8.81 Å². The van der Waals surface area contributed by atoms with E-state index in [4.69, 9.17) is 45.0 Å². The Kier molecular flexibility index (Phi) is 3.84. The van der Waals surface area contributed by atoms with E-state index in [2.05, 4.69) is 0 Å². The van der Waals surface area contributed by atoms with Crippen molar-refractivity contribution in [2.24, 2.45) is 5.73 Å². The highest BCUT2D eigenvalue weighted by atomic mass is 35.5. The molecule has 1 unspecified atom stereocenters. The Morgan fingerprint density at radius 1 is 1.00 bits per heavy atom. The first-order chi connectivity index (χ1) is 9.97. The van der Waals surface area contributed by atoms with Crippen LogP contribution in [0, 0.1) is 5.82 Å². The van der Waals surface area contributed by atoms with Gasteiger partial charge in [-0.05, 0) is 29.8 Å². The van der Waals surface area contributed by atoms with Gasteiger partial charge in [-0.3, -0.25) is 0 Å². The molecule has 0 radical (unpaired) electrons. The highest BCUT2D eigenvalue weighted by Crippen LogP contribution is 2.34. The highest BCUT2D eigenvalue weighted by molar-refractivity contribution is 6.35. The van der Waals surface area contributed by atoms with Crippen LogP contribution in [0.4, 0.5) is 4.39 Å². The third-order valence-corrected chi connectivity index (χ3v) is 4.11. The fraction of sp³-hybridized carbons (Fsp3) is 0.0667. The summed E-state index contributed by atoms with van der Waals surface area (Å²) in [5.74, 6) is -0.137. The van der Waals surface area contributed by atoms with E-state index in [1.54, 1.807) is 12.1 Å². The molecule has 0 aliphatic rings. The van der Waals surface area contributed by atoms with Crippen LogP contribution in [-0.2, 0) is 0 Å². The van der Waals surface area contributed by atoms with Crippen molar-refractivity contribution in [3.63, 3.8) is 0 Å². The summed E-state index contributed by atoms with van der Waals surface area (Å²) in [6, 6.07) is 8.96. The molecule has 0 saturated heterocycles. The first-order valence-electron chi connectivity index (χ1n) is 6.05. The minimum Gasteiger partial charge on any atom is -0.457 e. The van der Waals surface area contributed by atoms with E-state index in [1.807, 2.05) is 12.1 Å². The summed E-state index contributed by atoms with van der Waals surface area (Å²) in [7, 11) is 0. The second-order valence-electron chi connectivity index (χ2n) is 4.57. The largest absolute Gasteiger partial charge is 0.457 e. The van der Waals surface area contributed by atoms with Crippen molar-refractivity contribution in [1.29, 1.82) is 0 Å². The Bertz CT molecular complexity index is 831. The van der Waals surface area contributed by atoms with Crippen LogP contribution in [-0.4, -0.2) is 0 Å². The second-order valence-corrected chi connectivity index (χ2v) is 5.79. The third-order valence-electron chi connectivity index (χ3n) is 3.20. The lowest BCUT2D eigenvalue weighted by atomic mass is 10.0. The Balaban J connectivity index is 2.10. The molecule has 21 heavy (non-hydrogen) atoms. The normalized spacial score (nSPS) is 12.8. The van der Waals surface area contributed by atoms with Crippen molar-refractivity contribution >= 4 is 45.8 Å². The quantitative estimate of drug-likeness (QED) is 0.616. The molecule has 1 aromatic heterocycles. The molecule has 0 spiro atoms. The van der Waals surface area contributed by atoms with Gasteiger partial charge in [-0.1, -0.05) is 46.9 Å². The molecule has 0 aliphatic carbocycles. The number of hydrogen-bond acceptors (Lipinski definition) is 2. The van der Waals surface area contributed by atoms with Gasteiger partial charge in [0.15, 0.2) is 5.58 Å². The lowest BCUT2D eigenvalue weighted by Gasteiger charge is -2.12. The van der Waals surface area contributed by atoms with Crippen molar-refractivity contribution in [2.75, 3.05) is 0 Å². The van der Waals surface area contributed by atoms with Crippen LogP contribution < -0.4 is 5.73 Å². The summed E-state index contributed by atoms with van der Waals surface area (Å²) in [6.45, 7) is 0. The topological polar surface area (TPSA) is 39.2 Å². The lowest BCUT2D eigenvalue weighted by Crippen LogP contribution is -2.12. The van der Waals surface area contributed by atoms with E-state index in [9.17, 15) is 4.39 Å². The van der Waals surface area contributed by atoms with Gasteiger partial charge in [0.05, 0.1) is 16.1 Å². The lowest BCUT2D eigenvalue weighted by molar-refractivity contribution is 0.523. The van der Waals surface area contributed by atoms with Crippen molar-refractivity contribution in [1.82, 2.24) is 0 Å². The average Bonchev–Trinajstić information content (AvgIpc) is 2.87. The van der Waals surface area contributed by atoms with Crippen molar-refractivity contribution in [3.8, 4) is 0 Å². The predicted molar refractivity (Wildman–Crippen MR) is 83.7 cm³/mol. The zero-order valence-corrected chi connectivity index (χ0v) is 12.8. The van der Waals surface area contributed by atoms with Gasteiger partial charge in [-0.2, -0.15) is 0 Å². The molecule has 0 amide bonds. The monoisotopic (exact) mass is 343 g/mol. The third kappa shape index (κ3) is 2.62. The summed E-state index contributed by atoms with van der Waals surface area (Å²) in [6.07, 6.45) is 0. The zero-order valence-electron chi connectivity index (χ0n) is 10.5. The zero-order chi connectivity index (χ0) is 15.1. The fourth-order valence-corrected chi connectivity index (χ4v) is 2.85. The molecular formula is C15H9Cl3FNO. The molecule has 2 aromatic carbocycles. The SMILES string of the molecule is NC(c1cc2cccc(Cl)c2o1)c1cc(F)c(Cl)cc1Cl. The number of para-hydroxylation sites is 1. The fourth-order valence-electron chi connectivity index (χ4n) is 2.13. The molecule has 2 N–H and O–H groups in total. The highest BCUT2D eigenvalue weighted by Gasteiger charge is 2.19. The molecule has 3 aromatic rings. The molecule has 0 aliphatic heterocycles. The number of furan rings is 1. The first-order valence-corrected chi connectivity index (χ1v) is 7.18. The average molecular weight is 345 g/mol.